The van der Waals surface area contributed by atoms with E-state index in [1.54, 1.807) is 6.07 Å². The molecule has 104 valence electrons. The van der Waals surface area contributed by atoms with Crippen LogP contribution in [0.1, 0.15) is 24.4 Å². The van der Waals surface area contributed by atoms with E-state index in [0.29, 0.717) is 11.8 Å². The van der Waals surface area contributed by atoms with Crippen LogP contribution in [0.5, 0.6) is 5.75 Å². The Hall–Kier alpha value is -1.19. The molecule has 0 unspecified atom stereocenters. The molecule has 4 heteroatoms. The fourth-order valence-electron chi connectivity index (χ4n) is 2.56. The Morgan fingerprint density at radius 3 is 2.68 bits per heavy atom. The number of phenolic OH excluding ortho intramolecular Hbond substituents is 1. The largest absolute Gasteiger partial charge is 0.507 e. The SMILES string of the molecule is CN(C)CCc1cn(C2CC2)c2cccc(O)c12.Cl. The fourth-order valence-corrected chi connectivity index (χ4v) is 2.56. The number of aromatic hydroxyl groups is 1. The van der Waals surface area contributed by atoms with Crippen molar-refractivity contribution < 1.29 is 5.11 Å². The summed E-state index contributed by atoms with van der Waals surface area (Å²) in [6, 6.07) is 6.50. The zero-order valence-electron chi connectivity index (χ0n) is 11.5. The molecule has 3 rings (SSSR count). The lowest BCUT2D eigenvalue weighted by Gasteiger charge is -2.08. The highest BCUT2D eigenvalue weighted by Gasteiger charge is 2.26. The van der Waals surface area contributed by atoms with Crippen LogP contribution in [0, 0.1) is 0 Å². The molecule has 1 N–H and O–H groups in total. The lowest BCUT2D eigenvalue weighted by atomic mass is 10.1. The van der Waals surface area contributed by atoms with Crippen molar-refractivity contribution in [2.24, 2.45) is 0 Å². The maximum atomic E-state index is 10.1. The molecule has 1 aromatic carbocycles. The quantitative estimate of drug-likeness (QED) is 0.932. The topological polar surface area (TPSA) is 28.4 Å². The molecule has 2 aromatic rings. The predicted molar refractivity (Wildman–Crippen MR) is 81.4 cm³/mol. The van der Waals surface area contributed by atoms with Crippen molar-refractivity contribution in [3.63, 3.8) is 0 Å². The number of halogens is 1. The second-order valence-electron chi connectivity index (χ2n) is 5.52. The molecule has 1 aliphatic carbocycles. The highest BCUT2D eigenvalue weighted by atomic mass is 35.5. The van der Waals surface area contributed by atoms with Crippen LogP contribution in [0.2, 0.25) is 0 Å². The highest BCUT2D eigenvalue weighted by Crippen LogP contribution is 2.40. The van der Waals surface area contributed by atoms with Crippen LogP contribution >= 0.6 is 12.4 Å². The molecule has 19 heavy (non-hydrogen) atoms. The summed E-state index contributed by atoms with van der Waals surface area (Å²) >= 11 is 0. The van der Waals surface area contributed by atoms with Crippen molar-refractivity contribution >= 4 is 23.3 Å². The van der Waals surface area contributed by atoms with E-state index >= 15 is 0 Å². The highest BCUT2D eigenvalue weighted by molar-refractivity contribution is 5.90. The predicted octanol–water partition coefficient (Wildman–Crippen LogP) is 3.21. The Morgan fingerprint density at radius 1 is 1.32 bits per heavy atom. The van der Waals surface area contributed by atoms with E-state index in [4.69, 9.17) is 0 Å². The van der Waals surface area contributed by atoms with Gasteiger partial charge in [-0.2, -0.15) is 0 Å². The summed E-state index contributed by atoms with van der Waals surface area (Å²) < 4.78 is 2.35. The average Bonchev–Trinajstić information content (AvgIpc) is 3.09. The van der Waals surface area contributed by atoms with Gasteiger partial charge in [0.05, 0.1) is 5.52 Å². The number of hydrogen-bond donors (Lipinski definition) is 1. The van der Waals surface area contributed by atoms with Crippen molar-refractivity contribution in [3.05, 3.63) is 30.0 Å². The Balaban J connectivity index is 0.00000133. The van der Waals surface area contributed by atoms with Gasteiger partial charge in [0.2, 0.25) is 0 Å². The van der Waals surface area contributed by atoms with Crippen molar-refractivity contribution in [1.29, 1.82) is 0 Å². The minimum absolute atomic E-state index is 0. The summed E-state index contributed by atoms with van der Waals surface area (Å²) in [5.74, 6) is 0.417. The molecule has 1 aromatic heterocycles. The molecule has 1 fully saturated rings. The van der Waals surface area contributed by atoms with Crippen LogP contribution in [0.15, 0.2) is 24.4 Å². The van der Waals surface area contributed by atoms with Crippen LogP contribution < -0.4 is 0 Å². The molecule has 0 bridgehead atoms. The van der Waals surface area contributed by atoms with E-state index in [2.05, 4.69) is 35.8 Å². The fraction of sp³-hybridized carbons (Fsp3) is 0.467. The van der Waals surface area contributed by atoms with Crippen molar-refractivity contribution in [3.8, 4) is 5.75 Å². The lowest BCUT2D eigenvalue weighted by Crippen LogP contribution is -2.14. The first kappa shape index (κ1) is 14.2. The maximum Gasteiger partial charge on any atom is 0.125 e. The first-order valence-corrected chi connectivity index (χ1v) is 6.63. The summed E-state index contributed by atoms with van der Waals surface area (Å²) in [6.07, 6.45) is 5.77. The van der Waals surface area contributed by atoms with Crippen LogP contribution in [-0.4, -0.2) is 35.2 Å². The van der Waals surface area contributed by atoms with Gasteiger partial charge in [-0.25, -0.2) is 0 Å². The standard InChI is InChI=1S/C15H20N2O.ClH/c1-16(2)9-8-11-10-17(12-6-7-12)13-4-3-5-14(18)15(11)13;/h3-5,10,12,18H,6-9H2,1-2H3;1H. The molecule has 0 amide bonds. The lowest BCUT2D eigenvalue weighted by molar-refractivity contribution is 0.413. The molecule has 0 radical (unpaired) electrons. The first-order chi connectivity index (χ1) is 8.66. The molecular weight excluding hydrogens is 260 g/mol. The van der Waals surface area contributed by atoms with Crippen LogP contribution in [-0.2, 0) is 6.42 Å². The average molecular weight is 281 g/mol. The monoisotopic (exact) mass is 280 g/mol. The third kappa shape index (κ3) is 2.72. The Morgan fingerprint density at radius 2 is 2.05 bits per heavy atom. The zero-order chi connectivity index (χ0) is 12.7. The number of benzene rings is 1. The van der Waals surface area contributed by atoms with Crippen LogP contribution in [0.3, 0.4) is 0 Å². The van der Waals surface area contributed by atoms with Crippen molar-refractivity contribution in [2.75, 3.05) is 20.6 Å². The van der Waals surface area contributed by atoms with Gasteiger partial charge in [0.1, 0.15) is 5.75 Å². The summed E-state index contributed by atoms with van der Waals surface area (Å²) in [5, 5.41) is 11.2. The van der Waals surface area contributed by atoms with E-state index in [-0.39, 0.29) is 12.4 Å². The summed E-state index contributed by atoms with van der Waals surface area (Å²) in [5.41, 5.74) is 2.45. The molecule has 3 nitrogen and oxygen atoms in total. The minimum Gasteiger partial charge on any atom is -0.507 e. The number of phenols is 1. The van der Waals surface area contributed by atoms with Gasteiger partial charge in [-0.15, -0.1) is 12.4 Å². The first-order valence-electron chi connectivity index (χ1n) is 6.63. The van der Waals surface area contributed by atoms with Gasteiger partial charge in [0.15, 0.2) is 0 Å². The number of rotatable bonds is 4. The second-order valence-corrected chi connectivity index (χ2v) is 5.52. The number of aromatic nitrogens is 1. The van der Waals surface area contributed by atoms with Crippen LogP contribution in [0.4, 0.5) is 0 Å². The third-order valence-corrected chi connectivity index (χ3v) is 3.68. The molecular formula is C15H21ClN2O. The van der Waals surface area contributed by atoms with Gasteiger partial charge >= 0.3 is 0 Å². The van der Waals surface area contributed by atoms with Gasteiger partial charge in [-0.3, -0.25) is 0 Å². The normalized spacial score (nSPS) is 14.9. The Labute approximate surface area is 120 Å². The van der Waals surface area contributed by atoms with Crippen molar-refractivity contribution in [2.45, 2.75) is 25.3 Å². The molecule has 0 saturated heterocycles. The van der Waals surface area contributed by atoms with E-state index in [1.165, 1.54) is 23.9 Å². The Kier molecular flexibility index (Phi) is 4.07. The Bertz CT molecular complexity index is 573. The van der Waals surface area contributed by atoms with Gasteiger partial charge < -0.3 is 14.6 Å². The number of fused-ring (bicyclic) bond motifs is 1. The molecule has 0 aliphatic heterocycles. The summed E-state index contributed by atoms with van der Waals surface area (Å²) in [4.78, 5) is 2.18. The smallest absolute Gasteiger partial charge is 0.125 e. The molecule has 1 aliphatic rings. The molecule has 1 heterocycles. The van der Waals surface area contributed by atoms with Gasteiger partial charge in [0.25, 0.3) is 0 Å². The van der Waals surface area contributed by atoms with Gasteiger partial charge in [-0.05, 0) is 51.1 Å². The van der Waals surface area contributed by atoms with E-state index in [0.717, 1.165) is 18.4 Å². The molecule has 1 saturated carbocycles. The van der Waals surface area contributed by atoms with E-state index in [1.807, 2.05) is 6.07 Å². The maximum absolute atomic E-state index is 10.1. The molecule has 0 atom stereocenters. The number of nitrogens with zero attached hydrogens (tertiary/aromatic N) is 2. The number of likely N-dealkylation sites (N-methyl/N-ethyl adjacent to an activating group) is 1. The van der Waals surface area contributed by atoms with Crippen LogP contribution in [0.25, 0.3) is 10.9 Å². The van der Waals surface area contributed by atoms with E-state index < -0.39 is 0 Å². The summed E-state index contributed by atoms with van der Waals surface area (Å²) in [7, 11) is 4.17. The van der Waals surface area contributed by atoms with Gasteiger partial charge in [-0.1, -0.05) is 6.07 Å². The molecule has 0 spiro atoms. The summed E-state index contributed by atoms with van der Waals surface area (Å²) in [6.45, 7) is 1.01. The third-order valence-electron chi connectivity index (χ3n) is 3.68. The number of hydrogen-bond acceptors (Lipinski definition) is 2. The second kappa shape index (κ2) is 5.43. The van der Waals surface area contributed by atoms with E-state index in [9.17, 15) is 5.11 Å². The zero-order valence-corrected chi connectivity index (χ0v) is 12.3. The minimum atomic E-state index is 0. The van der Waals surface area contributed by atoms with Crippen molar-refractivity contribution in [1.82, 2.24) is 9.47 Å². The van der Waals surface area contributed by atoms with Gasteiger partial charge in [0, 0.05) is 24.2 Å².